The minimum atomic E-state index is -0.0595. The summed E-state index contributed by atoms with van der Waals surface area (Å²) in [7, 11) is 0. The van der Waals surface area contributed by atoms with Crippen molar-refractivity contribution in [3.05, 3.63) is 53.0 Å². The number of carbonyl (C=O) groups excluding carboxylic acids is 1. The number of aryl methyl sites for hydroxylation is 3. The van der Waals surface area contributed by atoms with E-state index < -0.39 is 0 Å². The van der Waals surface area contributed by atoms with Crippen LogP contribution in [0.5, 0.6) is 0 Å². The smallest absolute Gasteiger partial charge is 0.253 e. The Morgan fingerprint density at radius 3 is 2.82 bits per heavy atom. The second-order valence-corrected chi connectivity index (χ2v) is 5.58. The highest BCUT2D eigenvalue weighted by Gasteiger charge is 2.13. The normalized spacial score (nSPS) is 11.0. The Morgan fingerprint density at radius 1 is 1.27 bits per heavy atom. The number of H-pyrrole nitrogens is 1. The van der Waals surface area contributed by atoms with Gasteiger partial charge in [-0.05, 0) is 38.5 Å². The summed E-state index contributed by atoms with van der Waals surface area (Å²) in [5.41, 5.74) is 4.86. The van der Waals surface area contributed by atoms with Gasteiger partial charge in [0.05, 0.1) is 23.3 Å². The number of nitrogens with zero attached hydrogens (tertiary/aromatic N) is 2. The summed E-state index contributed by atoms with van der Waals surface area (Å²) >= 11 is 0. The zero-order valence-electron chi connectivity index (χ0n) is 13.1. The van der Waals surface area contributed by atoms with Crippen LogP contribution in [0.15, 0.2) is 30.5 Å². The molecule has 0 saturated heterocycles. The zero-order valence-corrected chi connectivity index (χ0v) is 13.1. The molecule has 5 nitrogen and oxygen atoms in total. The van der Waals surface area contributed by atoms with Gasteiger partial charge in [-0.25, -0.2) is 0 Å². The predicted octanol–water partition coefficient (Wildman–Crippen LogP) is 2.72. The van der Waals surface area contributed by atoms with Crippen LogP contribution < -0.4 is 5.32 Å². The molecule has 2 N–H and O–H groups in total. The molecule has 3 rings (SSSR count). The number of nitrogens with one attached hydrogen (secondary N) is 2. The first kappa shape index (κ1) is 14.4. The first-order valence-corrected chi connectivity index (χ1v) is 7.42. The second-order valence-electron chi connectivity index (χ2n) is 5.58. The Balaban J connectivity index is 1.73. The molecule has 0 bridgehead atoms. The Morgan fingerprint density at radius 2 is 2.09 bits per heavy atom. The molecule has 2 aromatic heterocycles. The van der Waals surface area contributed by atoms with Crippen LogP contribution in [0.1, 0.15) is 27.3 Å². The van der Waals surface area contributed by atoms with Gasteiger partial charge in [-0.15, -0.1) is 0 Å². The fourth-order valence-corrected chi connectivity index (χ4v) is 2.64. The summed E-state index contributed by atoms with van der Waals surface area (Å²) in [5.74, 6) is -0.0595. The molecule has 0 atom stereocenters. The number of hydrogen-bond acceptors (Lipinski definition) is 2. The molecule has 0 spiro atoms. The third-order valence-corrected chi connectivity index (χ3v) is 3.99. The van der Waals surface area contributed by atoms with E-state index in [0.29, 0.717) is 18.7 Å². The number of carbonyl (C=O) groups is 1. The maximum Gasteiger partial charge on any atom is 0.253 e. The molecule has 0 fully saturated rings. The monoisotopic (exact) mass is 296 g/mol. The van der Waals surface area contributed by atoms with Crippen LogP contribution in [-0.2, 0) is 6.54 Å². The highest BCUT2D eigenvalue weighted by molar-refractivity contribution is 6.06. The highest BCUT2D eigenvalue weighted by atomic mass is 16.1. The molecule has 2 heterocycles. The molecule has 114 valence electrons. The van der Waals surface area contributed by atoms with Crippen LogP contribution in [-0.4, -0.2) is 27.2 Å². The van der Waals surface area contributed by atoms with Crippen molar-refractivity contribution in [1.29, 1.82) is 0 Å². The van der Waals surface area contributed by atoms with E-state index in [1.807, 2.05) is 49.0 Å². The van der Waals surface area contributed by atoms with Crippen molar-refractivity contribution in [3.8, 4) is 0 Å². The van der Waals surface area contributed by atoms with Crippen molar-refractivity contribution in [2.24, 2.45) is 0 Å². The molecule has 0 unspecified atom stereocenters. The Labute approximate surface area is 129 Å². The zero-order chi connectivity index (χ0) is 15.7. The molecule has 1 amide bonds. The topological polar surface area (TPSA) is 62.7 Å². The number of hydrogen-bond donors (Lipinski definition) is 2. The number of para-hydroxylation sites is 1. The molecule has 5 heteroatoms. The van der Waals surface area contributed by atoms with E-state index in [1.54, 1.807) is 0 Å². The van der Waals surface area contributed by atoms with Crippen LogP contribution >= 0.6 is 0 Å². The SMILES string of the molecule is Cc1ccn(CCNC(=O)c2cccc3c(C)c(C)[nH]c23)n1. The molecule has 3 aromatic rings. The molecule has 0 aliphatic carbocycles. The van der Waals surface area contributed by atoms with Crippen LogP contribution in [0, 0.1) is 20.8 Å². The number of rotatable bonds is 4. The predicted molar refractivity (Wildman–Crippen MR) is 87.1 cm³/mol. The Kier molecular flexibility index (Phi) is 3.71. The van der Waals surface area contributed by atoms with Gasteiger partial charge < -0.3 is 10.3 Å². The van der Waals surface area contributed by atoms with E-state index in [4.69, 9.17) is 0 Å². The molecular formula is C17H20N4O. The van der Waals surface area contributed by atoms with Crippen LogP contribution in [0.3, 0.4) is 0 Å². The fraction of sp³-hybridized carbons (Fsp3) is 0.294. The van der Waals surface area contributed by atoms with Gasteiger partial charge in [0.15, 0.2) is 0 Å². The van der Waals surface area contributed by atoms with Gasteiger partial charge in [-0.2, -0.15) is 5.10 Å². The summed E-state index contributed by atoms with van der Waals surface area (Å²) in [5, 5.41) is 8.37. The summed E-state index contributed by atoms with van der Waals surface area (Å²) in [4.78, 5) is 15.7. The van der Waals surface area contributed by atoms with E-state index in [9.17, 15) is 4.79 Å². The van der Waals surface area contributed by atoms with Crippen LogP contribution in [0.4, 0.5) is 0 Å². The number of aromatic nitrogens is 3. The highest BCUT2D eigenvalue weighted by Crippen LogP contribution is 2.24. The average Bonchev–Trinajstić information content (AvgIpc) is 3.03. The van der Waals surface area contributed by atoms with Crippen molar-refractivity contribution in [1.82, 2.24) is 20.1 Å². The van der Waals surface area contributed by atoms with Gasteiger partial charge in [0.2, 0.25) is 0 Å². The molecule has 0 radical (unpaired) electrons. The van der Waals surface area contributed by atoms with E-state index in [1.165, 1.54) is 5.56 Å². The molecule has 0 saturated carbocycles. The van der Waals surface area contributed by atoms with Crippen molar-refractivity contribution in [3.63, 3.8) is 0 Å². The third kappa shape index (κ3) is 2.62. The lowest BCUT2D eigenvalue weighted by Gasteiger charge is -2.06. The first-order valence-electron chi connectivity index (χ1n) is 7.42. The lowest BCUT2D eigenvalue weighted by molar-refractivity contribution is 0.0953. The molecule has 0 aliphatic heterocycles. The van der Waals surface area contributed by atoms with Gasteiger partial charge in [-0.3, -0.25) is 9.48 Å². The van der Waals surface area contributed by atoms with Gasteiger partial charge in [0.25, 0.3) is 5.91 Å². The van der Waals surface area contributed by atoms with E-state index in [2.05, 4.69) is 22.3 Å². The molecule has 1 aromatic carbocycles. The van der Waals surface area contributed by atoms with Gasteiger partial charge in [0.1, 0.15) is 0 Å². The summed E-state index contributed by atoms with van der Waals surface area (Å²) in [6.07, 6.45) is 1.92. The minimum Gasteiger partial charge on any atom is -0.358 e. The van der Waals surface area contributed by atoms with Crippen molar-refractivity contribution in [2.75, 3.05) is 6.54 Å². The van der Waals surface area contributed by atoms with E-state index >= 15 is 0 Å². The van der Waals surface area contributed by atoms with E-state index in [-0.39, 0.29) is 5.91 Å². The number of amides is 1. The second kappa shape index (κ2) is 5.67. The number of aromatic amines is 1. The standard InChI is InChI=1S/C17H20N4O/c1-11-7-9-21(20-11)10-8-18-17(22)15-6-4-5-14-12(2)13(3)19-16(14)15/h4-7,9,19H,8,10H2,1-3H3,(H,18,22). The lowest BCUT2D eigenvalue weighted by atomic mass is 10.1. The molecule has 22 heavy (non-hydrogen) atoms. The maximum atomic E-state index is 12.4. The van der Waals surface area contributed by atoms with Gasteiger partial charge in [0, 0.05) is 23.8 Å². The van der Waals surface area contributed by atoms with Crippen molar-refractivity contribution < 1.29 is 4.79 Å². The van der Waals surface area contributed by atoms with Crippen molar-refractivity contribution in [2.45, 2.75) is 27.3 Å². The summed E-state index contributed by atoms with van der Waals surface area (Å²) < 4.78 is 1.83. The largest absolute Gasteiger partial charge is 0.358 e. The fourth-order valence-electron chi connectivity index (χ4n) is 2.64. The first-order chi connectivity index (χ1) is 10.6. The number of fused-ring (bicyclic) bond motifs is 1. The lowest BCUT2D eigenvalue weighted by Crippen LogP contribution is -2.27. The quantitative estimate of drug-likeness (QED) is 0.777. The molecule has 0 aliphatic rings. The maximum absolute atomic E-state index is 12.4. The van der Waals surface area contributed by atoms with Gasteiger partial charge >= 0.3 is 0 Å². The van der Waals surface area contributed by atoms with E-state index in [0.717, 1.165) is 22.3 Å². The van der Waals surface area contributed by atoms with Crippen LogP contribution in [0.25, 0.3) is 10.9 Å². The average molecular weight is 296 g/mol. The summed E-state index contributed by atoms with van der Waals surface area (Å²) in [6.45, 7) is 7.26. The van der Waals surface area contributed by atoms with Crippen molar-refractivity contribution >= 4 is 16.8 Å². The van der Waals surface area contributed by atoms with Crippen LogP contribution in [0.2, 0.25) is 0 Å². The Bertz CT molecular complexity index is 828. The molecular weight excluding hydrogens is 276 g/mol. The Hall–Kier alpha value is -2.56. The summed E-state index contributed by atoms with van der Waals surface area (Å²) in [6, 6.07) is 7.77. The third-order valence-electron chi connectivity index (χ3n) is 3.99. The number of benzene rings is 1. The van der Waals surface area contributed by atoms with Gasteiger partial charge in [-0.1, -0.05) is 12.1 Å². The minimum absolute atomic E-state index is 0.0595.